The number of nitrogens with one attached hydrogen (secondary N) is 1. The summed E-state index contributed by atoms with van der Waals surface area (Å²) in [5.41, 5.74) is 0. The van der Waals surface area contributed by atoms with Gasteiger partial charge in [0.05, 0.1) is 25.4 Å². The third kappa shape index (κ3) is 61.8. The average molecular weight is 1070 g/mol. The molecule has 0 saturated heterocycles. The molecule has 0 radical (unpaired) electrons. The fourth-order valence-corrected chi connectivity index (χ4v) is 11.2. The first-order valence-electron chi connectivity index (χ1n) is 34.9. The number of carbonyl (C=O) groups is 2. The standard InChI is InChI=1S/C70H137NO5/c1-3-5-7-9-11-13-15-17-19-35-38-42-46-50-54-58-62-68(73)67(66-72)71-69(74)63-59-55-51-47-43-39-36-33-31-29-27-25-23-21-20-22-24-26-28-30-32-34-37-41-45-49-53-57-61-65-76-70(75)64-60-56-52-48-44-40-18-16-14-12-10-8-6-4-2/h16,18,67-68,72-73H,3-15,17,19-66H2,1-2H3,(H,71,74)/b18-16-. The zero-order valence-electron chi connectivity index (χ0n) is 51.8. The zero-order chi connectivity index (χ0) is 55.0. The van der Waals surface area contributed by atoms with Gasteiger partial charge in [-0.2, -0.15) is 0 Å². The predicted octanol–water partition coefficient (Wildman–Crippen LogP) is 22.4. The van der Waals surface area contributed by atoms with E-state index in [9.17, 15) is 19.8 Å². The van der Waals surface area contributed by atoms with Crippen LogP contribution < -0.4 is 5.32 Å². The zero-order valence-corrected chi connectivity index (χ0v) is 51.8. The van der Waals surface area contributed by atoms with E-state index in [4.69, 9.17) is 4.74 Å². The van der Waals surface area contributed by atoms with Crippen LogP contribution in [0.4, 0.5) is 0 Å². The number of carbonyl (C=O) groups excluding carboxylic acids is 2. The molecule has 0 rings (SSSR count). The maximum absolute atomic E-state index is 12.5. The van der Waals surface area contributed by atoms with Crippen molar-refractivity contribution in [2.45, 2.75) is 411 Å². The van der Waals surface area contributed by atoms with Gasteiger partial charge in [-0.25, -0.2) is 0 Å². The number of aliphatic hydroxyl groups is 2. The Kier molecular flexibility index (Phi) is 64.9. The minimum Gasteiger partial charge on any atom is -0.466 e. The number of amides is 1. The van der Waals surface area contributed by atoms with Crippen molar-refractivity contribution in [2.75, 3.05) is 13.2 Å². The van der Waals surface area contributed by atoms with Gasteiger partial charge in [-0.05, 0) is 51.4 Å². The van der Waals surface area contributed by atoms with Gasteiger partial charge in [-0.1, -0.05) is 347 Å². The molecule has 0 heterocycles. The molecular weight excluding hydrogens is 935 g/mol. The van der Waals surface area contributed by atoms with Gasteiger partial charge < -0.3 is 20.3 Å². The molecule has 0 saturated carbocycles. The first-order chi connectivity index (χ1) is 37.5. The minimum absolute atomic E-state index is 0.0118. The molecule has 2 unspecified atom stereocenters. The Morgan fingerprint density at radius 2 is 0.618 bits per heavy atom. The van der Waals surface area contributed by atoms with Crippen LogP contribution in [0, 0.1) is 0 Å². The Morgan fingerprint density at radius 3 is 0.934 bits per heavy atom. The lowest BCUT2D eigenvalue weighted by Crippen LogP contribution is -2.45. The number of hydrogen-bond acceptors (Lipinski definition) is 5. The van der Waals surface area contributed by atoms with E-state index in [1.165, 1.54) is 321 Å². The molecule has 6 nitrogen and oxygen atoms in total. The second-order valence-electron chi connectivity index (χ2n) is 24.2. The van der Waals surface area contributed by atoms with Crippen LogP contribution in [0.1, 0.15) is 399 Å². The van der Waals surface area contributed by atoms with Crippen molar-refractivity contribution in [2.24, 2.45) is 0 Å². The number of unbranched alkanes of at least 4 members (excludes halogenated alkanes) is 53. The summed E-state index contributed by atoms with van der Waals surface area (Å²) >= 11 is 0. The van der Waals surface area contributed by atoms with Crippen LogP contribution in [0.5, 0.6) is 0 Å². The van der Waals surface area contributed by atoms with Crippen LogP contribution in [-0.4, -0.2) is 47.4 Å². The smallest absolute Gasteiger partial charge is 0.305 e. The predicted molar refractivity (Wildman–Crippen MR) is 333 cm³/mol. The molecule has 0 aromatic heterocycles. The SMILES string of the molecule is CCCCCCC/C=C\CCCCCCCC(=O)OCCCCCCCCCCCCCCCCCCCCCCCCCCCCCCCC(=O)NC(CO)C(O)CCCCCCCCCCCCCCCCCC. The molecule has 0 aliphatic heterocycles. The molecule has 1 amide bonds. The second kappa shape index (κ2) is 66.1. The Bertz CT molecular complexity index is 1140. The van der Waals surface area contributed by atoms with E-state index in [0.29, 0.717) is 25.9 Å². The highest BCUT2D eigenvalue weighted by molar-refractivity contribution is 5.76. The molecule has 76 heavy (non-hydrogen) atoms. The summed E-state index contributed by atoms with van der Waals surface area (Å²) in [5.74, 6) is -0.0161. The van der Waals surface area contributed by atoms with Crippen molar-refractivity contribution in [3.8, 4) is 0 Å². The fourth-order valence-electron chi connectivity index (χ4n) is 11.2. The molecule has 0 fully saturated rings. The Hall–Kier alpha value is -1.40. The summed E-state index contributed by atoms with van der Waals surface area (Å²) in [4.78, 5) is 24.6. The Labute approximate surface area is 476 Å². The number of ether oxygens (including phenoxy) is 1. The summed E-state index contributed by atoms with van der Waals surface area (Å²) < 4.78 is 5.49. The highest BCUT2D eigenvalue weighted by atomic mass is 16.5. The minimum atomic E-state index is -0.661. The van der Waals surface area contributed by atoms with Crippen molar-refractivity contribution in [1.82, 2.24) is 5.32 Å². The van der Waals surface area contributed by atoms with Gasteiger partial charge in [-0.15, -0.1) is 0 Å². The summed E-state index contributed by atoms with van der Waals surface area (Å²) in [5, 5.41) is 23.4. The number of aliphatic hydroxyl groups excluding tert-OH is 2. The van der Waals surface area contributed by atoms with Crippen LogP contribution in [-0.2, 0) is 14.3 Å². The van der Waals surface area contributed by atoms with Crippen LogP contribution >= 0.6 is 0 Å². The molecular formula is C70H137NO5. The monoisotopic (exact) mass is 1070 g/mol. The third-order valence-electron chi connectivity index (χ3n) is 16.6. The third-order valence-corrected chi connectivity index (χ3v) is 16.6. The summed E-state index contributed by atoms with van der Waals surface area (Å²) in [6.45, 7) is 4.98. The van der Waals surface area contributed by atoms with E-state index in [1.54, 1.807) is 0 Å². The molecule has 0 aliphatic rings. The first-order valence-corrected chi connectivity index (χ1v) is 34.9. The molecule has 0 aromatic rings. The molecule has 2 atom stereocenters. The van der Waals surface area contributed by atoms with E-state index < -0.39 is 12.1 Å². The van der Waals surface area contributed by atoms with E-state index in [0.717, 1.165) is 44.9 Å². The summed E-state index contributed by atoms with van der Waals surface area (Å²) in [6, 6.07) is -0.538. The largest absolute Gasteiger partial charge is 0.466 e. The summed E-state index contributed by atoms with van der Waals surface area (Å²) in [7, 11) is 0. The maximum Gasteiger partial charge on any atom is 0.305 e. The van der Waals surface area contributed by atoms with Gasteiger partial charge in [0.25, 0.3) is 0 Å². The Balaban J connectivity index is 3.33. The lowest BCUT2D eigenvalue weighted by molar-refractivity contribution is -0.143. The van der Waals surface area contributed by atoms with Crippen molar-refractivity contribution in [3.63, 3.8) is 0 Å². The number of rotatable bonds is 66. The molecule has 0 bridgehead atoms. The van der Waals surface area contributed by atoms with Crippen molar-refractivity contribution in [3.05, 3.63) is 12.2 Å². The van der Waals surface area contributed by atoms with Crippen molar-refractivity contribution >= 4 is 11.9 Å². The van der Waals surface area contributed by atoms with Crippen LogP contribution in [0.3, 0.4) is 0 Å². The van der Waals surface area contributed by atoms with Crippen LogP contribution in [0.15, 0.2) is 12.2 Å². The van der Waals surface area contributed by atoms with Crippen LogP contribution in [0.2, 0.25) is 0 Å². The molecule has 452 valence electrons. The van der Waals surface area contributed by atoms with Gasteiger partial charge in [-0.3, -0.25) is 9.59 Å². The second-order valence-corrected chi connectivity index (χ2v) is 24.2. The molecule has 0 aromatic carbocycles. The average Bonchev–Trinajstić information content (AvgIpc) is 3.42. The van der Waals surface area contributed by atoms with Crippen LogP contribution in [0.25, 0.3) is 0 Å². The highest BCUT2D eigenvalue weighted by Gasteiger charge is 2.20. The van der Waals surface area contributed by atoms with Gasteiger partial charge in [0.1, 0.15) is 0 Å². The van der Waals surface area contributed by atoms with E-state index >= 15 is 0 Å². The molecule has 3 N–H and O–H groups in total. The van der Waals surface area contributed by atoms with Gasteiger partial charge in [0.2, 0.25) is 5.91 Å². The first kappa shape index (κ1) is 74.6. The van der Waals surface area contributed by atoms with Gasteiger partial charge >= 0.3 is 5.97 Å². The fraction of sp³-hybridized carbons (Fsp3) is 0.943. The quantitative estimate of drug-likeness (QED) is 0.0320. The van der Waals surface area contributed by atoms with Crippen molar-refractivity contribution < 1.29 is 24.5 Å². The van der Waals surface area contributed by atoms with E-state index in [2.05, 4.69) is 31.3 Å². The molecule has 0 aliphatic carbocycles. The molecule has 6 heteroatoms. The number of esters is 1. The normalized spacial score (nSPS) is 12.5. The van der Waals surface area contributed by atoms with Gasteiger partial charge in [0.15, 0.2) is 0 Å². The highest BCUT2D eigenvalue weighted by Crippen LogP contribution is 2.19. The van der Waals surface area contributed by atoms with E-state index in [1.807, 2.05) is 0 Å². The van der Waals surface area contributed by atoms with Crippen molar-refractivity contribution in [1.29, 1.82) is 0 Å². The lowest BCUT2D eigenvalue weighted by Gasteiger charge is -2.22. The number of allylic oxidation sites excluding steroid dienone is 2. The Morgan fingerprint density at radius 1 is 0.355 bits per heavy atom. The number of hydrogen-bond donors (Lipinski definition) is 3. The topological polar surface area (TPSA) is 95.9 Å². The lowest BCUT2D eigenvalue weighted by atomic mass is 10.0. The maximum atomic E-state index is 12.5. The summed E-state index contributed by atoms with van der Waals surface area (Å²) in [6.07, 6.45) is 81.2. The van der Waals surface area contributed by atoms with Gasteiger partial charge in [0, 0.05) is 12.8 Å². The molecule has 0 spiro atoms. The van der Waals surface area contributed by atoms with E-state index in [-0.39, 0.29) is 18.5 Å².